The minimum absolute atomic E-state index is 0.0250. The van der Waals surface area contributed by atoms with Gasteiger partial charge in [0.25, 0.3) is 0 Å². The number of halogens is 1. The highest BCUT2D eigenvalue weighted by Gasteiger charge is 2.06. The Balaban J connectivity index is 2.13. The van der Waals surface area contributed by atoms with Crippen molar-refractivity contribution in [1.29, 1.82) is 0 Å². The van der Waals surface area contributed by atoms with Crippen LogP contribution in [-0.2, 0) is 6.42 Å². The molecule has 0 aliphatic carbocycles. The van der Waals surface area contributed by atoms with Crippen molar-refractivity contribution in [1.82, 2.24) is 5.16 Å². The summed E-state index contributed by atoms with van der Waals surface area (Å²) in [5.74, 6) is 0.557. The molecular weight excluding hydrogens is 219 g/mol. The summed E-state index contributed by atoms with van der Waals surface area (Å²) in [4.78, 5) is 0. The summed E-state index contributed by atoms with van der Waals surface area (Å²) in [6, 6.07) is 8.25. The first-order valence-corrected chi connectivity index (χ1v) is 5.45. The Morgan fingerprint density at radius 1 is 1.35 bits per heavy atom. The second kappa shape index (κ2) is 5.10. The molecule has 0 aliphatic heterocycles. The van der Waals surface area contributed by atoms with Crippen LogP contribution >= 0.6 is 0 Å². The molecule has 0 amide bonds. The molecule has 0 fully saturated rings. The normalized spacial score (nSPS) is 12.6. The number of likely N-dealkylation sites (N-methyl/N-ethyl adjacent to an activating group) is 1. The lowest BCUT2D eigenvalue weighted by atomic mass is 10.0. The quantitative estimate of drug-likeness (QED) is 0.811. The molecule has 3 nitrogen and oxygen atoms in total. The van der Waals surface area contributed by atoms with Crippen LogP contribution in [0.4, 0.5) is 4.39 Å². The first-order chi connectivity index (χ1) is 8.19. The van der Waals surface area contributed by atoms with Gasteiger partial charge in [0.1, 0.15) is 11.6 Å². The van der Waals surface area contributed by atoms with Crippen LogP contribution in [0.3, 0.4) is 0 Å². The van der Waals surface area contributed by atoms with E-state index in [1.165, 1.54) is 12.1 Å². The smallest absolute Gasteiger partial charge is 0.135 e. The van der Waals surface area contributed by atoms with Crippen molar-refractivity contribution in [3.63, 3.8) is 0 Å². The molecule has 0 spiro atoms. The van der Waals surface area contributed by atoms with E-state index in [0.29, 0.717) is 6.42 Å². The summed E-state index contributed by atoms with van der Waals surface area (Å²) in [5.41, 5.74) is 1.83. The van der Waals surface area contributed by atoms with Gasteiger partial charge in [0.15, 0.2) is 0 Å². The van der Waals surface area contributed by atoms with Gasteiger partial charge in [-0.3, -0.25) is 0 Å². The van der Waals surface area contributed by atoms with Gasteiger partial charge in [-0.1, -0.05) is 22.9 Å². The van der Waals surface area contributed by atoms with E-state index in [-0.39, 0.29) is 11.9 Å². The molecule has 2 aromatic rings. The van der Waals surface area contributed by atoms with Crippen LogP contribution in [0, 0.1) is 12.7 Å². The van der Waals surface area contributed by atoms with Crippen molar-refractivity contribution in [2.24, 2.45) is 0 Å². The average Bonchev–Trinajstić information content (AvgIpc) is 2.73. The fourth-order valence-corrected chi connectivity index (χ4v) is 1.75. The van der Waals surface area contributed by atoms with Gasteiger partial charge in [-0.15, -0.1) is 6.04 Å². The monoisotopic (exact) mass is 233 g/mol. The van der Waals surface area contributed by atoms with Gasteiger partial charge in [-0.25, -0.2) is 4.39 Å². The molecule has 17 heavy (non-hydrogen) atoms. The average molecular weight is 233 g/mol. The summed E-state index contributed by atoms with van der Waals surface area (Å²) in [7, 11) is 1.75. The Morgan fingerprint density at radius 2 is 2.06 bits per heavy atom. The third-order valence-corrected chi connectivity index (χ3v) is 2.64. The van der Waals surface area contributed by atoms with Crippen molar-refractivity contribution >= 4 is 0 Å². The highest BCUT2D eigenvalue weighted by atomic mass is 19.1. The van der Waals surface area contributed by atoms with Crippen LogP contribution < -0.4 is 0 Å². The summed E-state index contributed by atoms with van der Waals surface area (Å²) in [6.45, 7) is 1.88. The maximum atomic E-state index is 12.8. The molecular formula is C13H14FN2O-. The van der Waals surface area contributed by atoms with Crippen molar-refractivity contribution < 1.29 is 8.91 Å². The van der Waals surface area contributed by atoms with E-state index in [1.807, 2.05) is 13.0 Å². The largest absolute Gasteiger partial charge is 0.658 e. The van der Waals surface area contributed by atoms with E-state index in [9.17, 15) is 4.39 Å². The lowest BCUT2D eigenvalue weighted by Gasteiger charge is -2.27. The summed E-state index contributed by atoms with van der Waals surface area (Å²) < 4.78 is 18.0. The lowest BCUT2D eigenvalue weighted by Crippen LogP contribution is -2.00. The maximum absolute atomic E-state index is 12.8. The van der Waals surface area contributed by atoms with E-state index in [4.69, 9.17) is 4.52 Å². The Hall–Kier alpha value is -1.68. The molecule has 0 radical (unpaired) electrons. The van der Waals surface area contributed by atoms with E-state index in [1.54, 1.807) is 19.2 Å². The standard InChI is InChI=1S/C13H14FN2O/c1-9-7-12(17-16-9)8-13(15-2)10-3-5-11(14)6-4-10/h3-7,13H,8H2,1-2H3/q-1. The second-order valence-electron chi connectivity index (χ2n) is 3.96. The number of hydrogen-bond acceptors (Lipinski definition) is 2. The number of rotatable bonds is 4. The molecule has 1 aromatic carbocycles. The molecule has 4 heteroatoms. The van der Waals surface area contributed by atoms with Gasteiger partial charge in [0, 0.05) is 6.07 Å². The summed E-state index contributed by atoms with van der Waals surface area (Å²) >= 11 is 0. The van der Waals surface area contributed by atoms with Crippen LogP contribution in [0.25, 0.3) is 5.32 Å². The number of hydrogen-bond donors (Lipinski definition) is 0. The lowest BCUT2D eigenvalue weighted by molar-refractivity contribution is 0.375. The molecule has 0 bridgehead atoms. The van der Waals surface area contributed by atoms with E-state index < -0.39 is 0 Å². The van der Waals surface area contributed by atoms with Crippen molar-refractivity contribution in [3.8, 4) is 0 Å². The molecule has 1 aromatic heterocycles. The third-order valence-electron chi connectivity index (χ3n) is 2.64. The van der Waals surface area contributed by atoms with Gasteiger partial charge in [-0.05, 0) is 25.5 Å². The highest BCUT2D eigenvalue weighted by molar-refractivity contribution is 5.25. The molecule has 0 aliphatic rings. The molecule has 1 atom stereocenters. The molecule has 0 saturated carbocycles. The van der Waals surface area contributed by atoms with E-state index in [2.05, 4.69) is 10.5 Å². The zero-order valence-corrected chi connectivity index (χ0v) is 9.85. The predicted octanol–water partition coefficient (Wildman–Crippen LogP) is 3.41. The molecule has 90 valence electrons. The predicted molar refractivity (Wildman–Crippen MR) is 63.4 cm³/mol. The topological polar surface area (TPSA) is 40.1 Å². The van der Waals surface area contributed by atoms with Gasteiger partial charge in [-0.2, -0.15) is 7.05 Å². The molecule has 0 saturated heterocycles. The fraction of sp³-hybridized carbons (Fsp3) is 0.308. The Morgan fingerprint density at radius 3 is 2.59 bits per heavy atom. The van der Waals surface area contributed by atoms with Crippen molar-refractivity contribution in [3.05, 3.63) is 58.5 Å². The summed E-state index contributed by atoms with van der Waals surface area (Å²) in [6.07, 6.45) is 0.642. The fourth-order valence-electron chi connectivity index (χ4n) is 1.75. The molecule has 0 N–H and O–H groups in total. The highest BCUT2D eigenvalue weighted by Crippen LogP contribution is 2.25. The van der Waals surface area contributed by atoms with Crippen LogP contribution in [0.1, 0.15) is 23.1 Å². The Kier molecular flexibility index (Phi) is 3.54. The maximum Gasteiger partial charge on any atom is 0.135 e. The van der Waals surface area contributed by atoms with Crippen molar-refractivity contribution in [2.45, 2.75) is 19.4 Å². The molecule has 1 heterocycles. The van der Waals surface area contributed by atoms with Gasteiger partial charge >= 0.3 is 0 Å². The van der Waals surface area contributed by atoms with Crippen LogP contribution in [0.15, 0.2) is 34.9 Å². The second-order valence-corrected chi connectivity index (χ2v) is 3.96. The Labute approximate surface area is 99.6 Å². The zero-order valence-electron chi connectivity index (χ0n) is 9.85. The first kappa shape index (κ1) is 11.8. The number of aryl methyl sites for hydroxylation is 1. The minimum atomic E-state index is -0.237. The number of aromatic nitrogens is 1. The zero-order chi connectivity index (χ0) is 12.3. The van der Waals surface area contributed by atoms with Crippen molar-refractivity contribution in [2.75, 3.05) is 7.05 Å². The van der Waals surface area contributed by atoms with Gasteiger partial charge in [0.05, 0.1) is 5.69 Å². The number of benzene rings is 1. The van der Waals surface area contributed by atoms with E-state index >= 15 is 0 Å². The first-order valence-electron chi connectivity index (χ1n) is 5.45. The molecule has 2 rings (SSSR count). The Bertz CT molecular complexity index is 478. The molecule has 1 unspecified atom stereocenters. The third kappa shape index (κ3) is 2.91. The van der Waals surface area contributed by atoms with Crippen LogP contribution in [0.2, 0.25) is 0 Å². The van der Waals surface area contributed by atoms with Crippen LogP contribution in [-0.4, -0.2) is 12.2 Å². The van der Waals surface area contributed by atoms with Gasteiger partial charge < -0.3 is 9.84 Å². The van der Waals surface area contributed by atoms with Crippen LogP contribution in [0.5, 0.6) is 0 Å². The SMILES string of the molecule is C[N-]C(Cc1cc(C)no1)c1ccc(F)cc1. The van der Waals surface area contributed by atoms with E-state index in [0.717, 1.165) is 17.0 Å². The van der Waals surface area contributed by atoms with Gasteiger partial charge in [0.2, 0.25) is 0 Å². The summed E-state index contributed by atoms with van der Waals surface area (Å²) in [5, 5.41) is 8.12. The minimum Gasteiger partial charge on any atom is -0.658 e. The number of nitrogens with zero attached hydrogens (tertiary/aromatic N) is 2.